The molecule has 0 aromatic carbocycles. The lowest BCUT2D eigenvalue weighted by Crippen LogP contribution is -2.00. The molecule has 0 atom stereocenters. The van der Waals surface area contributed by atoms with Crippen LogP contribution in [0.1, 0.15) is 38.5 Å². The molecule has 0 saturated carbocycles. The Labute approximate surface area is 147 Å². The Morgan fingerprint density at radius 3 is 0.462 bits per heavy atom. The average Bonchev–Trinajstić information content (AvgIpc) is 2.42. The monoisotopic (exact) mass is 388 g/mol. The van der Waals surface area contributed by atoms with Gasteiger partial charge in [0.2, 0.25) is 0 Å². The average molecular weight is 388 g/mol. The molecule has 0 radical (unpaired) electrons. The summed E-state index contributed by atoms with van der Waals surface area (Å²) in [6, 6.07) is 0. The van der Waals surface area contributed by atoms with E-state index in [2.05, 4.69) is 0 Å². The third-order valence-corrected chi connectivity index (χ3v) is 1.66. The predicted octanol–water partition coefficient (Wildman–Crippen LogP) is 0.131. The van der Waals surface area contributed by atoms with Gasteiger partial charge in [-0.05, 0) is 0 Å². The number of carboxylic acids is 6. The highest BCUT2D eigenvalue weighted by Gasteiger charge is 2.01. The maximum atomic E-state index is 9.64. The molecule has 0 heterocycles. The van der Waals surface area contributed by atoms with Crippen LogP contribution in [0.4, 0.5) is 0 Å². The lowest BCUT2D eigenvalue weighted by molar-refractivity contribution is -0.143. The first-order chi connectivity index (χ1) is 10.9. The number of hydrogen-bond donors (Lipinski definition) is 8. The lowest BCUT2D eigenvalue weighted by Gasteiger charge is -1.85. The highest BCUT2D eigenvalue weighted by Crippen LogP contribution is 1.87. The van der Waals surface area contributed by atoms with E-state index in [0.717, 1.165) is 0 Å². The molecule has 14 nitrogen and oxygen atoms in total. The van der Waals surface area contributed by atoms with E-state index in [-0.39, 0.29) is 50.8 Å². The van der Waals surface area contributed by atoms with E-state index < -0.39 is 35.8 Å². The molecule has 154 valence electrons. The van der Waals surface area contributed by atoms with Gasteiger partial charge in [0, 0.05) is 0 Å². The fourth-order valence-corrected chi connectivity index (χ4v) is 0.642. The minimum Gasteiger partial charge on any atom is -0.481 e. The minimum atomic E-state index is -1.08. The van der Waals surface area contributed by atoms with Crippen molar-refractivity contribution < 1.29 is 59.4 Å². The third-order valence-electron chi connectivity index (χ3n) is 1.66. The molecule has 0 aliphatic rings. The summed E-state index contributed by atoms with van der Waals surface area (Å²) in [5.41, 5.74) is 0. The summed E-state index contributed by atoms with van der Waals surface area (Å²) in [5.74, 6) is -6.46. The van der Waals surface area contributed by atoms with Gasteiger partial charge in [0.05, 0.1) is 38.5 Å². The summed E-state index contributed by atoms with van der Waals surface area (Å²) >= 11 is 0. The van der Waals surface area contributed by atoms with Gasteiger partial charge < -0.3 is 42.9 Å². The second-order valence-electron chi connectivity index (χ2n) is 3.86. The van der Waals surface area contributed by atoms with E-state index in [4.69, 9.17) is 30.6 Å². The van der Waals surface area contributed by atoms with Crippen molar-refractivity contribution in [3.8, 4) is 0 Å². The normalized spacial score (nSPS) is 7.85. The molecule has 0 fully saturated rings. The van der Waals surface area contributed by atoms with Crippen LogP contribution < -0.4 is 12.3 Å². The van der Waals surface area contributed by atoms with Crippen LogP contribution in [0.15, 0.2) is 0 Å². The second kappa shape index (κ2) is 21.7. The van der Waals surface area contributed by atoms with E-state index in [0.29, 0.717) is 0 Å². The molecule has 0 spiro atoms. The van der Waals surface area contributed by atoms with Gasteiger partial charge in [-0.15, -0.1) is 0 Å². The lowest BCUT2D eigenvalue weighted by atomic mass is 10.3. The SMILES string of the molecule is N.N.O=C(O)CCC(=O)O.O=C(O)CCC(=O)O.O=C(O)CCC(=O)O. The molecule has 0 aliphatic carbocycles. The topological polar surface area (TPSA) is 294 Å². The van der Waals surface area contributed by atoms with Crippen LogP contribution in [-0.2, 0) is 28.8 Å². The molecule has 0 amide bonds. The van der Waals surface area contributed by atoms with Crippen LogP contribution in [0.25, 0.3) is 0 Å². The summed E-state index contributed by atoms with van der Waals surface area (Å²) in [4.78, 5) is 57.8. The van der Waals surface area contributed by atoms with Gasteiger partial charge in [-0.1, -0.05) is 0 Å². The molecule has 0 aliphatic heterocycles. The molecule has 12 N–H and O–H groups in total. The second-order valence-corrected chi connectivity index (χ2v) is 3.86. The molecular formula is C12H24N2O12. The van der Waals surface area contributed by atoms with Crippen LogP contribution in [0.3, 0.4) is 0 Å². The standard InChI is InChI=1S/3C4H6O4.2H3N/c3*5-3(6)1-2-4(7)8;;/h3*1-2H2,(H,5,6)(H,7,8);2*1H3. The molecule has 14 heteroatoms. The zero-order chi connectivity index (χ0) is 19.7. The molecule has 0 aromatic heterocycles. The molecule has 0 bridgehead atoms. The first kappa shape index (κ1) is 34.2. The van der Waals surface area contributed by atoms with Gasteiger partial charge in [0.25, 0.3) is 0 Å². The summed E-state index contributed by atoms with van der Waals surface area (Å²) < 4.78 is 0. The van der Waals surface area contributed by atoms with Crippen molar-refractivity contribution in [2.75, 3.05) is 0 Å². The van der Waals surface area contributed by atoms with Gasteiger partial charge in [0.15, 0.2) is 0 Å². The van der Waals surface area contributed by atoms with E-state index in [1.54, 1.807) is 0 Å². The fourth-order valence-electron chi connectivity index (χ4n) is 0.642. The minimum absolute atomic E-state index is 0. The Bertz CT molecular complexity index is 355. The quantitative estimate of drug-likeness (QED) is 0.260. The Hall–Kier alpha value is -3.26. The third kappa shape index (κ3) is 58.6. The van der Waals surface area contributed by atoms with Gasteiger partial charge in [-0.2, -0.15) is 0 Å². The first-order valence-corrected chi connectivity index (χ1v) is 6.19. The Balaban J connectivity index is -0.0000000817. The van der Waals surface area contributed by atoms with Crippen LogP contribution in [0.5, 0.6) is 0 Å². The first-order valence-electron chi connectivity index (χ1n) is 6.19. The predicted molar refractivity (Wildman–Crippen MR) is 83.6 cm³/mol. The van der Waals surface area contributed by atoms with Crippen molar-refractivity contribution in [2.45, 2.75) is 38.5 Å². The van der Waals surface area contributed by atoms with Crippen molar-refractivity contribution >= 4 is 35.8 Å². The number of carboxylic acid groups (broad SMARTS) is 6. The molecule has 0 rings (SSSR count). The number of rotatable bonds is 9. The van der Waals surface area contributed by atoms with Crippen molar-refractivity contribution in [1.29, 1.82) is 0 Å². The van der Waals surface area contributed by atoms with E-state index in [1.807, 2.05) is 0 Å². The smallest absolute Gasteiger partial charge is 0.303 e. The van der Waals surface area contributed by atoms with Crippen molar-refractivity contribution in [3.05, 3.63) is 0 Å². The molecule has 0 saturated heterocycles. The molecule has 26 heavy (non-hydrogen) atoms. The Morgan fingerprint density at radius 1 is 0.346 bits per heavy atom. The van der Waals surface area contributed by atoms with Crippen LogP contribution in [-0.4, -0.2) is 66.5 Å². The Morgan fingerprint density at radius 2 is 0.423 bits per heavy atom. The summed E-state index contributed by atoms with van der Waals surface area (Å²) in [5, 5.41) is 47.4. The van der Waals surface area contributed by atoms with Gasteiger partial charge in [-0.25, -0.2) is 0 Å². The zero-order valence-corrected chi connectivity index (χ0v) is 13.8. The largest absolute Gasteiger partial charge is 0.481 e. The maximum Gasteiger partial charge on any atom is 0.303 e. The van der Waals surface area contributed by atoms with E-state index in [9.17, 15) is 28.8 Å². The van der Waals surface area contributed by atoms with Crippen molar-refractivity contribution in [3.63, 3.8) is 0 Å². The number of hydrogen-bond acceptors (Lipinski definition) is 8. The maximum absolute atomic E-state index is 9.64. The van der Waals surface area contributed by atoms with E-state index in [1.165, 1.54) is 0 Å². The van der Waals surface area contributed by atoms with Gasteiger partial charge in [-0.3, -0.25) is 28.8 Å². The van der Waals surface area contributed by atoms with E-state index >= 15 is 0 Å². The fraction of sp³-hybridized carbons (Fsp3) is 0.500. The zero-order valence-electron chi connectivity index (χ0n) is 13.8. The van der Waals surface area contributed by atoms with Gasteiger partial charge in [0.1, 0.15) is 0 Å². The van der Waals surface area contributed by atoms with Gasteiger partial charge >= 0.3 is 35.8 Å². The summed E-state index contributed by atoms with van der Waals surface area (Å²) in [6.45, 7) is 0. The molecule has 0 aromatic rings. The summed E-state index contributed by atoms with van der Waals surface area (Å²) in [7, 11) is 0. The van der Waals surface area contributed by atoms with Crippen LogP contribution in [0.2, 0.25) is 0 Å². The van der Waals surface area contributed by atoms with Crippen molar-refractivity contribution in [1.82, 2.24) is 12.3 Å². The number of aliphatic carboxylic acids is 6. The number of carbonyl (C=O) groups is 6. The van der Waals surface area contributed by atoms with Crippen molar-refractivity contribution in [2.24, 2.45) is 0 Å². The highest BCUT2D eigenvalue weighted by atomic mass is 16.4. The summed E-state index contributed by atoms with van der Waals surface area (Å²) in [6.07, 6.45) is -1.78. The van der Waals surface area contributed by atoms with Crippen LogP contribution >= 0.6 is 0 Å². The highest BCUT2D eigenvalue weighted by molar-refractivity contribution is 5.76. The molecule has 0 unspecified atom stereocenters. The Kier molecular flexibility index (Phi) is 28.6. The molecular weight excluding hydrogens is 364 g/mol. The van der Waals surface area contributed by atoms with Crippen LogP contribution in [0, 0.1) is 0 Å².